The molecule has 0 bridgehead atoms. The molecule has 0 aliphatic carbocycles. The summed E-state index contributed by atoms with van der Waals surface area (Å²) in [6.45, 7) is 0.510. The van der Waals surface area contributed by atoms with E-state index in [0.717, 1.165) is 24.1 Å². The summed E-state index contributed by atoms with van der Waals surface area (Å²) in [5.74, 6) is 0.184. The second-order valence-corrected chi connectivity index (χ2v) is 5.02. The first-order valence-electron chi connectivity index (χ1n) is 7.02. The summed E-state index contributed by atoms with van der Waals surface area (Å²) in [6.07, 6.45) is -3.67. The lowest BCUT2D eigenvalue weighted by Gasteiger charge is -2.06. The van der Waals surface area contributed by atoms with Crippen molar-refractivity contribution in [3.63, 3.8) is 0 Å². The molecule has 0 spiro atoms. The van der Waals surface area contributed by atoms with Crippen LogP contribution in [0, 0.1) is 0 Å². The third kappa shape index (κ3) is 3.74. The van der Waals surface area contributed by atoms with Crippen molar-refractivity contribution in [1.29, 1.82) is 0 Å². The Morgan fingerprint density at radius 1 is 0.957 bits per heavy atom. The number of hydrogen-bond acceptors (Lipinski definition) is 3. The number of halogens is 3. The van der Waals surface area contributed by atoms with Gasteiger partial charge in [-0.25, -0.2) is 0 Å². The van der Waals surface area contributed by atoms with E-state index in [1.807, 2.05) is 30.3 Å². The number of benzene rings is 2. The molecule has 0 amide bonds. The lowest BCUT2D eigenvalue weighted by atomic mass is 10.1. The van der Waals surface area contributed by atoms with E-state index in [0.29, 0.717) is 12.1 Å². The molecule has 1 heterocycles. The Morgan fingerprint density at radius 3 is 2.48 bits per heavy atom. The normalized spacial score (nSPS) is 11.6. The summed E-state index contributed by atoms with van der Waals surface area (Å²) >= 11 is 0. The average Bonchev–Trinajstić information content (AvgIpc) is 3.02. The molecule has 0 saturated heterocycles. The molecule has 7 heteroatoms. The van der Waals surface area contributed by atoms with Crippen molar-refractivity contribution >= 4 is 0 Å². The Bertz CT molecular complexity index is 781. The molecule has 0 aliphatic heterocycles. The molecule has 0 fully saturated rings. The number of aromatic nitrogens is 4. The van der Waals surface area contributed by atoms with Crippen LogP contribution in [0.15, 0.2) is 54.6 Å². The van der Waals surface area contributed by atoms with Crippen molar-refractivity contribution in [3.05, 3.63) is 65.7 Å². The molecule has 23 heavy (non-hydrogen) atoms. The molecule has 1 aromatic heterocycles. The smallest absolute Gasteiger partial charge is 0.166 e. The number of tetrazole rings is 1. The van der Waals surface area contributed by atoms with Gasteiger partial charge < -0.3 is 0 Å². The van der Waals surface area contributed by atoms with Crippen LogP contribution in [0.25, 0.3) is 11.4 Å². The third-order valence-corrected chi connectivity index (χ3v) is 3.34. The maximum absolute atomic E-state index is 12.7. The van der Waals surface area contributed by atoms with Crippen LogP contribution < -0.4 is 0 Å². The van der Waals surface area contributed by atoms with Gasteiger partial charge in [0, 0.05) is 5.56 Å². The van der Waals surface area contributed by atoms with Crippen LogP contribution in [0.5, 0.6) is 0 Å². The van der Waals surface area contributed by atoms with Gasteiger partial charge in [-0.1, -0.05) is 42.5 Å². The van der Waals surface area contributed by atoms with Crippen LogP contribution in [0.3, 0.4) is 0 Å². The second-order valence-electron chi connectivity index (χ2n) is 5.02. The van der Waals surface area contributed by atoms with Gasteiger partial charge in [-0.05, 0) is 29.3 Å². The summed E-state index contributed by atoms with van der Waals surface area (Å²) < 4.78 is 38.2. The predicted molar refractivity (Wildman–Crippen MR) is 78.4 cm³/mol. The molecule has 0 N–H and O–H groups in total. The van der Waals surface area contributed by atoms with Gasteiger partial charge in [-0.2, -0.15) is 18.0 Å². The number of aryl methyl sites for hydroxylation is 2. The van der Waals surface area contributed by atoms with Crippen molar-refractivity contribution in [2.45, 2.75) is 19.1 Å². The second kappa shape index (κ2) is 6.20. The van der Waals surface area contributed by atoms with Gasteiger partial charge in [0.05, 0.1) is 12.1 Å². The van der Waals surface area contributed by atoms with Crippen molar-refractivity contribution < 1.29 is 13.2 Å². The largest absolute Gasteiger partial charge is 0.416 e. The van der Waals surface area contributed by atoms with Crippen LogP contribution in [-0.4, -0.2) is 20.2 Å². The summed E-state index contributed by atoms with van der Waals surface area (Å²) in [7, 11) is 0. The fourth-order valence-electron chi connectivity index (χ4n) is 2.16. The standard InChI is InChI=1S/C16H13F3N4/c17-16(18,19)14-8-4-7-13(11-14)15-20-22-23(21-15)10-9-12-5-2-1-3-6-12/h1-8,11H,9-10H2. The minimum absolute atomic E-state index is 0.184. The van der Waals surface area contributed by atoms with E-state index in [-0.39, 0.29) is 5.82 Å². The lowest BCUT2D eigenvalue weighted by Crippen LogP contribution is -2.05. The fourth-order valence-corrected chi connectivity index (χ4v) is 2.16. The van der Waals surface area contributed by atoms with Crippen LogP contribution in [0.2, 0.25) is 0 Å². The lowest BCUT2D eigenvalue weighted by molar-refractivity contribution is -0.137. The highest BCUT2D eigenvalue weighted by molar-refractivity contribution is 5.55. The van der Waals surface area contributed by atoms with Gasteiger partial charge in [0.15, 0.2) is 0 Å². The van der Waals surface area contributed by atoms with Crippen LogP contribution in [0.1, 0.15) is 11.1 Å². The fraction of sp³-hybridized carbons (Fsp3) is 0.188. The first-order chi connectivity index (χ1) is 11.0. The van der Waals surface area contributed by atoms with Gasteiger partial charge in [0.1, 0.15) is 0 Å². The van der Waals surface area contributed by atoms with Gasteiger partial charge >= 0.3 is 6.18 Å². The van der Waals surface area contributed by atoms with E-state index < -0.39 is 11.7 Å². The molecule has 0 aliphatic rings. The summed E-state index contributed by atoms with van der Waals surface area (Å²) in [6, 6.07) is 14.7. The van der Waals surface area contributed by atoms with E-state index >= 15 is 0 Å². The zero-order valence-corrected chi connectivity index (χ0v) is 12.0. The predicted octanol–water partition coefficient (Wildman–Crippen LogP) is 3.60. The Hall–Kier alpha value is -2.70. The molecule has 2 aromatic carbocycles. The van der Waals surface area contributed by atoms with Crippen molar-refractivity contribution in [2.24, 2.45) is 0 Å². The van der Waals surface area contributed by atoms with Gasteiger partial charge in [-0.3, -0.25) is 0 Å². The van der Waals surface area contributed by atoms with E-state index in [1.165, 1.54) is 16.9 Å². The highest BCUT2D eigenvalue weighted by Crippen LogP contribution is 2.31. The molecule has 3 aromatic rings. The summed E-state index contributed by atoms with van der Waals surface area (Å²) in [4.78, 5) is 1.39. The van der Waals surface area contributed by atoms with Crippen molar-refractivity contribution in [1.82, 2.24) is 20.2 Å². The van der Waals surface area contributed by atoms with Crippen LogP contribution in [-0.2, 0) is 19.1 Å². The van der Waals surface area contributed by atoms with E-state index in [1.54, 1.807) is 0 Å². The van der Waals surface area contributed by atoms with Crippen LogP contribution >= 0.6 is 0 Å². The van der Waals surface area contributed by atoms with Gasteiger partial charge in [0.25, 0.3) is 0 Å². The quantitative estimate of drug-likeness (QED) is 0.738. The van der Waals surface area contributed by atoms with Crippen molar-refractivity contribution in [3.8, 4) is 11.4 Å². The third-order valence-electron chi connectivity index (χ3n) is 3.34. The Labute approximate surface area is 130 Å². The monoisotopic (exact) mass is 318 g/mol. The summed E-state index contributed by atoms with van der Waals surface area (Å²) in [5, 5.41) is 11.9. The minimum Gasteiger partial charge on any atom is -0.166 e. The molecule has 4 nitrogen and oxygen atoms in total. The first kappa shape index (κ1) is 15.2. The number of rotatable bonds is 4. The Balaban J connectivity index is 1.74. The Morgan fingerprint density at radius 2 is 1.74 bits per heavy atom. The zero-order chi connectivity index (χ0) is 16.3. The number of hydrogen-bond donors (Lipinski definition) is 0. The van der Waals surface area contributed by atoms with Gasteiger partial charge in [-0.15, -0.1) is 10.2 Å². The number of alkyl halides is 3. The molecule has 0 unspecified atom stereocenters. The topological polar surface area (TPSA) is 43.6 Å². The molecule has 0 radical (unpaired) electrons. The molecular weight excluding hydrogens is 305 g/mol. The highest BCUT2D eigenvalue weighted by Gasteiger charge is 2.30. The van der Waals surface area contributed by atoms with E-state index in [9.17, 15) is 13.2 Å². The molecule has 3 rings (SSSR count). The maximum Gasteiger partial charge on any atom is 0.416 e. The van der Waals surface area contributed by atoms with Crippen molar-refractivity contribution in [2.75, 3.05) is 0 Å². The minimum atomic E-state index is -4.39. The van der Waals surface area contributed by atoms with Gasteiger partial charge in [0.2, 0.25) is 5.82 Å². The average molecular weight is 318 g/mol. The first-order valence-corrected chi connectivity index (χ1v) is 7.02. The van der Waals surface area contributed by atoms with E-state index in [2.05, 4.69) is 15.4 Å². The summed E-state index contributed by atoms with van der Waals surface area (Å²) in [5.41, 5.74) is 0.701. The highest BCUT2D eigenvalue weighted by atomic mass is 19.4. The maximum atomic E-state index is 12.7. The zero-order valence-electron chi connectivity index (χ0n) is 12.0. The molecular formula is C16H13F3N4. The SMILES string of the molecule is FC(F)(F)c1cccc(-c2nnn(CCc3ccccc3)n2)c1. The molecule has 0 atom stereocenters. The van der Waals surface area contributed by atoms with E-state index in [4.69, 9.17) is 0 Å². The molecule has 118 valence electrons. The number of nitrogens with zero attached hydrogens (tertiary/aromatic N) is 4. The van der Waals surface area contributed by atoms with Crippen LogP contribution in [0.4, 0.5) is 13.2 Å². The molecule has 0 saturated carbocycles. The Kier molecular flexibility index (Phi) is 4.10.